The number of Topliss-reactive ketones (excluding diaryl/α,β-unsaturated/α-hetero) is 1. The number of nitrogens with zero attached hydrogens (tertiary/aromatic N) is 2. The second-order valence-electron chi connectivity index (χ2n) is 6.20. The third-order valence-electron chi connectivity index (χ3n) is 4.49. The first-order valence-electron chi connectivity index (χ1n) is 7.91. The van der Waals surface area contributed by atoms with E-state index in [1.54, 1.807) is 0 Å². The molecule has 0 saturated carbocycles. The molecule has 0 bridgehead atoms. The number of fused-ring (bicyclic) bond motifs is 1. The average molecular weight is 379 g/mol. The predicted molar refractivity (Wildman–Crippen MR) is 93.2 cm³/mol. The molecule has 1 amide bonds. The maximum absolute atomic E-state index is 13.3. The van der Waals surface area contributed by atoms with Crippen LogP contribution in [0.25, 0.3) is 0 Å². The van der Waals surface area contributed by atoms with Crippen LogP contribution in [-0.4, -0.2) is 32.8 Å². The number of rotatable bonds is 3. The summed E-state index contributed by atoms with van der Waals surface area (Å²) in [7, 11) is 1.39. The zero-order chi connectivity index (χ0) is 19.2. The molecule has 0 unspecified atom stereocenters. The molecule has 0 atom stereocenters. The van der Waals surface area contributed by atoms with Crippen LogP contribution in [0.5, 0.6) is 5.75 Å². The van der Waals surface area contributed by atoms with Gasteiger partial charge in [-0.25, -0.2) is 4.39 Å². The second kappa shape index (κ2) is 6.57. The number of hydrogen-bond acceptors (Lipinski definition) is 4. The lowest BCUT2D eigenvalue weighted by Crippen LogP contribution is -2.40. The molecule has 1 aromatic heterocycles. The zero-order valence-corrected chi connectivity index (χ0v) is 14.9. The predicted octanol–water partition coefficient (Wildman–Crippen LogP) is 2.28. The number of aromatic hydroxyl groups is 1. The van der Waals surface area contributed by atoms with E-state index in [1.165, 1.54) is 37.1 Å². The lowest BCUT2D eigenvalue weighted by molar-refractivity contribution is 0.0721. The lowest BCUT2D eigenvalue weighted by atomic mass is 9.94. The lowest BCUT2D eigenvalue weighted by Gasteiger charge is -2.30. The van der Waals surface area contributed by atoms with Crippen LogP contribution in [-0.2, 0) is 20.0 Å². The van der Waals surface area contributed by atoms with Crippen molar-refractivity contribution in [3.05, 3.63) is 61.8 Å². The van der Waals surface area contributed by atoms with Gasteiger partial charge in [-0.2, -0.15) is 0 Å². The minimum absolute atomic E-state index is 0.0528. The van der Waals surface area contributed by atoms with Gasteiger partial charge in [0.15, 0.2) is 11.5 Å². The van der Waals surface area contributed by atoms with Gasteiger partial charge in [0.1, 0.15) is 5.82 Å². The minimum atomic E-state index is -0.797. The molecule has 0 spiro atoms. The van der Waals surface area contributed by atoms with Gasteiger partial charge >= 0.3 is 0 Å². The molecule has 1 N–H and O–H groups in total. The van der Waals surface area contributed by atoms with Gasteiger partial charge < -0.3 is 14.6 Å². The molecule has 1 aliphatic rings. The first-order valence-corrected chi connectivity index (χ1v) is 8.29. The van der Waals surface area contributed by atoms with Crippen LogP contribution in [0.3, 0.4) is 0 Å². The van der Waals surface area contributed by atoms with E-state index in [-0.39, 0.29) is 28.6 Å². The van der Waals surface area contributed by atoms with Gasteiger partial charge in [0.2, 0.25) is 0 Å². The second-order valence-corrected chi connectivity index (χ2v) is 6.60. The number of carbonyl (C=O) groups excluding carboxylic acids is 2. The van der Waals surface area contributed by atoms with E-state index in [4.69, 9.17) is 11.6 Å². The molecule has 0 saturated heterocycles. The van der Waals surface area contributed by atoms with Crippen molar-refractivity contribution in [2.75, 3.05) is 6.54 Å². The fourth-order valence-electron chi connectivity index (χ4n) is 3.27. The Morgan fingerprint density at radius 2 is 2.04 bits per heavy atom. The maximum atomic E-state index is 13.3. The first kappa shape index (κ1) is 18.1. The van der Waals surface area contributed by atoms with E-state index in [2.05, 4.69) is 0 Å². The van der Waals surface area contributed by atoms with Crippen LogP contribution in [0.2, 0.25) is 5.02 Å². The van der Waals surface area contributed by atoms with Crippen LogP contribution in [0.4, 0.5) is 4.39 Å². The van der Waals surface area contributed by atoms with Crippen molar-refractivity contribution in [1.29, 1.82) is 0 Å². The van der Waals surface area contributed by atoms with Crippen molar-refractivity contribution >= 4 is 23.3 Å². The number of benzene rings is 1. The topological polar surface area (TPSA) is 79.6 Å². The van der Waals surface area contributed by atoms with Crippen LogP contribution in [0, 0.1) is 5.82 Å². The van der Waals surface area contributed by atoms with E-state index in [0.717, 1.165) is 4.57 Å². The fraction of sp³-hybridized carbons (Fsp3) is 0.278. The summed E-state index contributed by atoms with van der Waals surface area (Å²) in [4.78, 5) is 38.4. The number of halogens is 2. The number of pyridine rings is 1. The highest BCUT2D eigenvalue weighted by Gasteiger charge is 2.33. The number of aromatic nitrogens is 1. The summed E-state index contributed by atoms with van der Waals surface area (Å²) in [5.41, 5.74) is 0.172. The summed E-state index contributed by atoms with van der Waals surface area (Å²) in [6.45, 7) is 1.74. The Hall–Kier alpha value is -2.67. The molecule has 2 aromatic rings. The van der Waals surface area contributed by atoms with Crippen molar-refractivity contribution in [2.24, 2.45) is 7.05 Å². The highest BCUT2D eigenvalue weighted by molar-refractivity contribution is 6.30. The van der Waals surface area contributed by atoms with Gasteiger partial charge in [0, 0.05) is 27.1 Å². The Bertz CT molecular complexity index is 1000. The zero-order valence-electron chi connectivity index (χ0n) is 14.2. The Labute approximate surface area is 153 Å². The molecule has 0 aliphatic carbocycles. The molecule has 0 radical (unpaired) electrons. The van der Waals surface area contributed by atoms with Crippen LogP contribution >= 0.6 is 11.6 Å². The number of amides is 1. The van der Waals surface area contributed by atoms with Crippen LogP contribution in [0.1, 0.15) is 38.9 Å². The highest BCUT2D eigenvalue weighted by Crippen LogP contribution is 2.29. The summed E-state index contributed by atoms with van der Waals surface area (Å²) >= 11 is 5.77. The SMILES string of the molecule is CC(=O)c1c2c(c(O)c(=O)n1C)C(=O)N(Cc1ccc(F)c(Cl)c1)CC2. The summed E-state index contributed by atoms with van der Waals surface area (Å²) < 4.78 is 14.4. The Morgan fingerprint density at radius 3 is 2.65 bits per heavy atom. The third kappa shape index (κ3) is 2.88. The van der Waals surface area contributed by atoms with E-state index < -0.39 is 23.0 Å². The molecule has 0 fully saturated rings. The number of carbonyl (C=O) groups is 2. The molecule has 1 aliphatic heterocycles. The van der Waals surface area contributed by atoms with Gasteiger partial charge in [-0.15, -0.1) is 0 Å². The van der Waals surface area contributed by atoms with Gasteiger partial charge in [0.25, 0.3) is 11.5 Å². The molecule has 3 rings (SSSR count). The molecular weight excluding hydrogens is 363 g/mol. The van der Waals surface area contributed by atoms with Crippen LogP contribution in [0.15, 0.2) is 23.0 Å². The van der Waals surface area contributed by atoms with Gasteiger partial charge in [0.05, 0.1) is 16.3 Å². The first-order chi connectivity index (χ1) is 12.2. The summed E-state index contributed by atoms with van der Waals surface area (Å²) in [6, 6.07) is 4.14. The molecule has 136 valence electrons. The van der Waals surface area contributed by atoms with Crippen molar-refractivity contribution in [3.8, 4) is 5.75 Å². The normalized spacial score (nSPS) is 13.7. The van der Waals surface area contributed by atoms with E-state index in [1.807, 2.05) is 0 Å². The molecule has 1 aromatic carbocycles. The Morgan fingerprint density at radius 1 is 1.35 bits per heavy atom. The fourth-order valence-corrected chi connectivity index (χ4v) is 3.47. The highest BCUT2D eigenvalue weighted by atomic mass is 35.5. The summed E-state index contributed by atoms with van der Waals surface area (Å²) in [5, 5.41) is 10.1. The third-order valence-corrected chi connectivity index (χ3v) is 4.78. The summed E-state index contributed by atoms with van der Waals surface area (Å²) in [6.07, 6.45) is 0.312. The molecule has 6 nitrogen and oxygen atoms in total. The standard InChI is InChI=1S/C18H16ClFN2O4/c1-9(23)15-11-5-6-22(8-10-3-4-13(20)12(19)7-10)17(25)14(11)16(24)18(26)21(15)2/h3-4,7,24H,5-6,8H2,1-2H3. The van der Waals surface area contributed by atoms with Crippen molar-refractivity contribution in [1.82, 2.24) is 9.47 Å². The van der Waals surface area contributed by atoms with Gasteiger partial charge in [-0.1, -0.05) is 17.7 Å². The maximum Gasteiger partial charge on any atom is 0.293 e. The quantitative estimate of drug-likeness (QED) is 0.831. The van der Waals surface area contributed by atoms with Crippen molar-refractivity contribution in [2.45, 2.75) is 19.9 Å². The molecule has 8 heteroatoms. The van der Waals surface area contributed by atoms with E-state index in [9.17, 15) is 23.9 Å². The summed E-state index contributed by atoms with van der Waals surface area (Å²) in [5.74, 6) is -2.13. The number of ketones is 1. The molecule has 26 heavy (non-hydrogen) atoms. The van der Waals surface area contributed by atoms with Gasteiger partial charge in [-0.05, 0) is 29.7 Å². The van der Waals surface area contributed by atoms with Gasteiger partial charge in [-0.3, -0.25) is 14.4 Å². The minimum Gasteiger partial charge on any atom is -0.502 e. The van der Waals surface area contributed by atoms with E-state index >= 15 is 0 Å². The average Bonchev–Trinajstić information content (AvgIpc) is 2.58. The monoisotopic (exact) mass is 378 g/mol. The van der Waals surface area contributed by atoms with Crippen molar-refractivity contribution < 1.29 is 19.1 Å². The Kier molecular flexibility index (Phi) is 4.58. The van der Waals surface area contributed by atoms with Crippen molar-refractivity contribution in [3.63, 3.8) is 0 Å². The molecule has 2 heterocycles. The molecular formula is C18H16ClFN2O4. The largest absolute Gasteiger partial charge is 0.502 e. The number of hydrogen-bond donors (Lipinski definition) is 1. The van der Waals surface area contributed by atoms with Crippen LogP contribution < -0.4 is 5.56 Å². The smallest absolute Gasteiger partial charge is 0.293 e. The Balaban J connectivity index is 2.04. The van der Waals surface area contributed by atoms with E-state index in [0.29, 0.717) is 24.1 Å².